The summed E-state index contributed by atoms with van der Waals surface area (Å²) < 4.78 is 0. The van der Waals surface area contributed by atoms with Crippen molar-refractivity contribution >= 4 is 0 Å². The summed E-state index contributed by atoms with van der Waals surface area (Å²) in [5.74, 6) is 0. The van der Waals surface area contributed by atoms with E-state index in [-0.39, 0.29) is 0 Å². The van der Waals surface area contributed by atoms with Crippen molar-refractivity contribution in [1.29, 1.82) is 0 Å². The number of aromatic nitrogens is 1. The lowest BCUT2D eigenvalue weighted by Crippen LogP contribution is -2.53. The first kappa shape index (κ1) is 13.5. The van der Waals surface area contributed by atoms with E-state index in [0.29, 0.717) is 6.04 Å². The number of nitrogens with one attached hydrogen (secondary N) is 1. The predicted molar refractivity (Wildman–Crippen MR) is 74.7 cm³/mol. The van der Waals surface area contributed by atoms with Crippen molar-refractivity contribution in [3.05, 3.63) is 30.1 Å². The molecule has 2 heterocycles. The summed E-state index contributed by atoms with van der Waals surface area (Å²) in [4.78, 5) is 8.93. The average Bonchev–Trinajstić information content (AvgIpc) is 2.40. The molecule has 1 N–H and O–H groups in total. The molecule has 0 saturated carbocycles. The van der Waals surface area contributed by atoms with Crippen LogP contribution in [0, 0.1) is 0 Å². The number of pyridine rings is 1. The first-order chi connectivity index (χ1) is 8.75. The SMILES string of the molecule is CN(CCc1ccncc1)CC1CNCCN1C. The molecule has 0 spiro atoms. The fourth-order valence-electron chi connectivity index (χ4n) is 2.39. The highest BCUT2D eigenvalue weighted by molar-refractivity contribution is 5.09. The van der Waals surface area contributed by atoms with Crippen LogP contribution < -0.4 is 5.32 Å². The van der Waals surface area contributed by atoms with Gasteiger partial charge in [0.2, 0.25) is 0 Å². The Kier molecular flexibility index (Phi) is 5.11. The zero-order valence-electron chi connectivity index (χ0n) is 11.5. The summed E-state index contributed by atoms with van der Waals surface area (Å²) in [5.41, 5.74) is 1.37. The molecule has 0 aromatic carbocycles. The summed E-state index contributed by atoms with van der Waals surface area (Å²) >= 11 is 0. The highest BCUT2D eigenvalue weighted by Crippen LogP contribution is 2.04. The smallest absolute Gasteiger partial charge is 0.0345 e. The van der Waals surface area contributed by atoms with Gasteiger partial charge in [0.05, 0.1) is 0 Å². The van der Waals surface area contributed by atoms with Crippen molar-refractivity contribution < 1.29 is 0 Å². The van der Waals surface area contributed by atoms with Crippen LogP contribution in [0.5, 0.6) is 0 Å². The van der Waals surface area contributed by atoms with Gasteiger partial charge in [0, 0.05) is 51.2 Å². The van der Waals surface area contributed by atoms with Crippen LogP contribution in [0.1, 0.15) is 5.56 Å². The zero-order chi connectivity index (χ0) is 12.8. The number of hydrogen-bond donors (Lipinski definition) is 1. The van der Waals surface area contributed by atoms with E-state index in [4.69, 9.17) is 0 Å². The first-order valence-corrected chi connectivity index (χ1v) is 6.74. The molecule has 1 fully saturated rings. The Morgan fingerprint density at radius 2 is 2.22 bits per heavy atom. The Bertz CT molecular complexity index is 341. The van der Waals surface area contributed by atoms with E-state index in [9.17, 15) is 0 Å². The summed E-state index contributed by atoms with van der Waals surface area (Å²) in [6.45, 7) is 5.62. The molecule has 4 nitrogen and oxygen atoms in total. The second-order valence-electron chi connectivity index (χ2n) is 5.21. The fourth-order valence-corrected chi connectivity index (χ4v) is 2.39. The van der Waals surface area contributed by atoms with Gasteiger partial charge < -0.3 is 10.2 Å². The van der Waals surface area contributed by atoms with Crippen LogP contribution in [0.4, 0.5) is 0 Å². The molecule has 100 valence electrons. The van der Waals surface area contributed by atoms with E-state index < -0.39 is 0 Å². The molecule has 1 aromatic rings. The van der Waals surface area contributed by atoms with Crippen LogP contribution >= 0.6 is 0 Å². The van der Waals surface area contributed by atoms with Gasteiger partial charge in [0.25, 0.3) is 0 Å². The second kappa shape index (κ2) is 6.83. The number of likely N-dealkylation sites (N-methyl/N-ethyl adjacent to an activating group) is 2. The van der Waals surface area contributed by atoms with Gasteiger partial charge in [-0.15, -0.1) is 0 Å². The molecule has 4 heteroatoms. The third-order valence-electron chi connectivity index (χ3n) is 3.70. The number of rotatable bonds is 5. The Morgan fingerprint density at radius 1 is 1.44 bits per heavy atom. The van der Waals surface area contributed by atoms with Gasteiger partial charge in [-0.05, 0) is 38.2 Å². The van der Waals surface area contributed by atoms with E-state index in [1.165, 1.54) is 5.56 Å². The molecule has 0 aliphatic carbocycles. The Morgan fingerprint density at radius 3 is 2.94 bits per heavy atom. The molecule has 1 atom stereocenters. The molecule has 1 aliphatic rings. The van der Waals surface area contributed by atoms with E-state index in [0.717, 1.165) is 39.1 Å². The maximum Gasteiger partial charge on any atom is 0.0345 e. The van der Waals surface area contributed by atoms with Crippen molar-refractivity contribution in [2.24, 2.45) is 0 Å². The molecular weight excluding hydrogens is 224 g/mol. The minimum absolute atomic E-state index is 0.640. The molecule has 1 saturated heterocycles. The molecule has 1 unspecified atom stereocenters. The van der Waals surface area contributed by atoms with E-state index >= 15 is 0 Å². The molecular formula is C14H24N4. The number of piperazine rings is 1. The molecule has 0 bridgehead atoms. The van der Waals surface area contributed by atoms with E-state index in [2.05, 4.69) is 46.3 Å². The molecule has 0 amide bonds. The van der Waals surface area contributed by atoms with Crippen molar-refractivity contribution in [3.63, 3.8) is 0 Å². The van der Waals surface area contributed by atoms with Crippen LogP contribution in [0.3, 0.4) is 0 Å². The monoisotopic (exact) mass is 248 g/mol. The maximum absolute atomic E-state index is 4.05. The fraction of sp³-hybridized carbons (Fsp3) is 0.643. The number of hydrogen-bond acceptors (Lipinski definition) is 4. The molecule has 2 rings (SSSR count). The minimum atomic E-state index is 0.640. The molecule has 18 heavy (non-hydrogen) atoms. The third kappa shape index (κ3) is 4.05. The molecule has 1 aromatic heterocycles. The van der Waals surface area contributed by atoms with Crippen LogP contribution in [-0.2, 0) is 6.42 Å². The van der Waals surface area contributed by atoms with Gasteiger partial charge >= 0.3 is 0 Å². The summed E-state index contributed by atoms with van der Waals surface area (Å²) in [6, 6.07) is 4.84. The lowest BCUT2D eigenvalue weighted by atomic mass is 10.1. The zero-order valence-corrected chi connectivity index (χ0v) is 11.5. The highest BCUT2D eigenvalue weighted by atomic mass is 15.2. The van der Waals surface area contributed by atoms with Crippen LogP contribution in [0.15, 0.2) is 24.5 Å². The second-order valence-corrected chi connectivity index (χ2v) is 5.21. The lowest BCUT2D eigenvalue weighted by molar-refractivity contribution is 0.153. The maximum atomic E-state index is 4.05. The summed E-state index contributed by atoms with van der Waals surface area (Å²) in [5, 5.41) is 3.47. The molecule has 0 radical (unpaired) electrons. The number of nitrogens with zero attached hydrogens (tertiary/aromatic N) is 3. The standard InChI is InChI=1S/C14H24N4/c1-17(9-5-13-3-6-15-7-4-13)12-14-11-16-8-10-18(14)2/h3-4,6-7,14,16H,5,8-12H2,1-2H3. The predicted octanol–water partition coefficient (Wildman–Crippen LogP) is 0.460. The third-order valence-corrected chi connectivity index (χ3v) is 3.70. The van der Waals surface area contributed by atoms with E-state index in [1.54, 1.807) is 0 Å². The topological polar surface area (TPSA) is 31.4 Å². The van der Waals surface area contributed by atoms with Gasteiger partial charge in [-0.1, -0.05) is 0 Å². The van der Waals surface area contributed by atoms with Crippen LogP contribution in [-0.4, -0.2) is 67.6 Å². The van der Waals surface area contributed by atoms with Crippen LogP contribution in [0.2, 0.25) is 0 Å². The average molecular weight is 248 g/mol. The van der Waals surface area contributed by atoms with Gasteiger partial charge in [-0.25, -0.2) is 0 Å². The largest absolute Gasteiger partial charge is 0.314 e. The minimum Gasteiger partial charge on any atom is -0.314 e. The van der Waals surface area contributed by atoms with Crippen molar-refractivity contribution in [1.82, 2.24) is 20.1 Å². The normalized spacial score (nSPS) is 21.4. The van der Waals surface area contributed by atoms with E-state index in [1.807, 2.05) is 12.4 Å². The Labute approximate surface area is 110 Å². The van der Waals surface area contributed by atoms with Crippen molar-refractivity contribution in [3.8, 4) is 0 Å². The van der Waals surface area contributed by atoms with Gasteiger partial charge in [0.15, 0.2) is 0 Å². The quantitative estimate of drug-likeness (QED) is 0.820. The molecule has 1 aliphatic heterocycles. The Balaban J connectivity index is 1.73. The van der Waals surface area contributed by atoms with Gasteiger partial charge in [-0.2, -0.15) is 0 Å². The highest BCUT2D eigenvalue weighted by Gasteiger charge is 2.19. The lowest BCUT2D eigenvalue weighted by Gasteiger charge is -2.35. The first-order valence-electron chi connectivity index (χ1n) is 6.74. The Hall–Kier alpha value is -0.970. The van der Waals surface area contributed by atoms with Crippen molar-refractivity contribution in [2.75, 3.05) is 46.8 Å². The van der Waals surface area contributed by atoms with Gasteiger partial charge in [-0.3, -0.25) is 9.88 Å². The summed E-state index contributed by atoms with van der Waals surface area (Å²) in [7, 11) is 4.44. The van der Waals surface area contributed by atoms with Crippen molar-refractivity contribution in [2.45, 2.75) is 12.5 Å². The summed E-state index contributed by atoms with van der Waals surface area (Å²) in [6.07, 6.45) is 4.84. The van der Waals surface area contributed by atoms with Crippen LogP contribution in [0.25, 0.3) is 0 Å². The van der Waals surface area contributed by atoms with Gasteiger partial charge in [0.1, 0.15) is 0 Å².